The smallest absolute Gasteiger partial charge is 0.194 e. The Balaban J connectivity index is 1.10. The molecule has 4 nitrogen and oxygen atoms in total. The zero-order valence-corrected chi connectivity index (χ0v) is 35.3. The van der Waals surface area contributed by atoms with Gasteiger partial charge in [-0.15, -0.1) is 0 Å². The van der Waals surface area contributed by atoms with Crippen molar-refractivity contribution in [3.05, 3.63) is 220 Å². The summed E-state index contributed by atoms with van der Waals surface area (Å²) in [4.78, 5) is 8.36. The van der Waals surface area contributed by atoms with Gasteiger partial charge in [0, 0.05) is 34.1 Å². The number of nitrogens with zero attached hydrogens (tertiary/aromatic N) is 4. The molecule has 0 spiro atoms. The van der Waals surface area contributed by atoms with Gasteiger partial charge in [-0.2, -0.15) is 5.26 Å². The Morgan fingerprint density at radius 1 is 0.450 bits per heavy atom. The lowest BCUT2D eigenvalue weighted by Crippen LogP contribution is -2.13. The second kappa shape index (κ2) is 17.6. The summed E-state index contributed by atoms with van der Waals surface area (Å²) in [6.45, 7) is 21.4. The normalized spacial score (nSPS) is 11.7. The first kappa shape index (κ1) is 40.8. The Kier molecular flexibility index (Phi) is 12.0. The third-order valence-corrected chi connectivity index (χ3v) is 10.7. The molecule has 0 saturated carbocycles. The molecule has 60 heavy (non-hydrogen) atoms. The van der Waals surface area contributed by atoms with Gasteiger partial charge in [0.15, 0.2) is 5.69 Å². The zero-order chi connectivity index (χ0) is 42.3. The SMILES string of the molecule is [C-]#[N+]c1cc(/C=C/c2ccc(N(c3ccccc3)c3ccc(C(C)(C)C)cc3)cc2)c(C#N)cc1/C=C/c1ccc(N(c2ccccc2)c2ccc(C(C)(C)C)cc2)cc1. The molecule has 7 aromatic carbocycles. The molecule has 0 fully saturated rings. The molecule has 4 heteroatoms. The average Bonchev–Trinajstić information content (AvgIpc) is 3.26. The second-order valence-corrected chi connectivity index (χ2v) is 17.0. The van der Waals surface area contributed by atoms with E-state index in [9.17, 15) is 5.26 Å². The fraction of sp³-hybridized carbons (Fsp3) is 0.143. The summed E-state index contributed by atoms with van der Waals surface area (Å²) in [6.07, 6.45) is 7.83. The van der Waals surface area contributed by atoms with Crippen LogP contribution < -0.4 is 9.80 Å². The van der Waals surface area contributed by atoms with Crippen molar-refractivity contribution in [3.63, 3.8) is 0 Å². The van der Waals surface area contributed by atoms with E-state index < -0.39 is 0 Å². The molecule has 0 aliphatic carbocycles. The van der Waals surface area contributed by atoms with E-state index in [0.29, 0.717) is 22.4 Å². The quantitative estimate of drug-likeness (QED) is 0.102. The van der Waals surface area contributed by atoms with Crippen LogP contribution in [0.4, 0.5) is 39.8 Å². The summed E-state index contributed by atoms with van der Waals surface area (Å²) >= 11 is 0. The van der Waals surface area contributed by atoms with Crippen LogP contribution >= 0.6 is 0 Å². The highest BCUT2D eigenvalue weighted by molar-refractivity contribution is 5.84. The summed E-state index contributed by atoms with van der Waals surface area (Å²) in [5, 5.41) is 10.2. The maximum Gasteiger partial charge on any atom is 0.194 e. The number of benzene rings is 7. The first-order valence-corrected chi connectivity index (χ1v) is 20.3. The van der Waals surface area contributed by atoms with Crippen LogP contribution in [0, 0.1) is 17.9 Å². The Hall–Kier alpha value is -7.40. The maximum atomic E-state index is 10.2. The molecule has 0 saturated heterocycles. The number of hydrogen-bond acceptors (Lipinski definition) is 3. The first-order chi connectivity index (χ1) is 28.9. The van der Waals surface area contributed by atoms with Crippen molar-refractivity contribution in [3.8, 4) is 6.07 Å². The van der Waals surface area contributed by atoms with Crippen molar-refractivity contribution in [2.75, 3.05) is 9.80 Å². The Morgan fingerprint density at radius 2 is 0.800 bits per heavy atom. The lowest BCUT2D eigenvalue weighted by Gasteiger charge is -2.27. The van der Waals surface area contributed by atoms with Crippen LogP contribution in [0.1, 0.15) is 80.5 Å². The summed E-state index contributed by atoms with van der Waals surface area (Å²) in [6, 6.07) is 61.1. The van der Waals surface area contributed by atoms with Crippen molar-refractivity contribution in [2.45, 2.75) is 52.4 Å². The molecule has 0 unspecified atom stereocenters. The lowest BCUT2D eigenvalue weighted by molar-refractivity contribution is 0.590. The van der Waals surface area contributed by atoms with Gasteiger partial charge >= 0.3 is 0 Å². The summed E-state index contributed by atoms with van der Waals surface area (Å²) in [7, 11) is 0. The number of para-hydroxylation sites is 2. The Labute approximate surface area is 356 Å². The van der Waals surface area contributed by atoms with E-state index in [1.165, 1.54) is 11.1 Å². The minimum atomic E-state index is 0.0718. The zero-order valence-electron chi connectivity index (χ0n) is 35.3. The highest BCUT2D eigenvalue weighted by atomic mass is 15.1. The van der Waals surface area contributed by atoms with Gasteiger partial charge in [0.2, 0.25) is 0 Å². The molecular formula is C56H50N4. The summed E-state index contributed by atoms with van der Waals surface area (Å²) in [5.74, 6) is 0. The molecular weight excluding hydrogens is 729 g/mol. The predicted molar refractivity (Wildman–Crippen MR) is 255 cm³/mol. The molecule has 0 aromatic heterocycles. The van der Waals surface area contributed by atoms with E-state index in [-0.39, 0.29) is 10.8 Å². The summed E-state index contributed by atoms with van der Waals surface area (Å²) in [5.41, 5.74) is 13.5. The fourth-order valence-corrected chi connectivity index (χ4v) is 7.20. The number of rotatable bonds is 10. The van der Waals surface area contributed by atoms with Crippen LogP contribution in [0.25, 0.3) is 29.1 Å². The standard InChI is InChI=1S/C56H50N4/c1-55(2,3)46-26-34-52(35-27-46)59(48-14-10-8-11-15-48)50-30-20-41(21-31-50)18-24-43-39-54(58-7)44(38-45(43)40-57)25-19-42-22-32-51(33-23-42)60(49-16-12-9-13-17-49)53-36-28-47(29-37-53)56(4,5)6/h8-39H,1-6H3/b24-18+,25-19+. The molecule has 0 aliphatic rings. The van der Waals surface area contributed by atoms with Crippen molar-refractivity contribution in [1.29, 1.82) is 5.26 Å². The van der Waals surface area contributed by atoms with Gasteiger partial charge in [-0.3, -0.25) is 0 Å². The molecule has 7 rings (SSSR count). The highest BCUT2D eigenvalue weighted by Crippen LogP contribution is 2.38. The predicted octanol–water partition coefficient (Wildman–Crippen LogP) is 16.0. The molecule has 0 radical (unpaired) electrons. The van der Waals surface area contributed by atoms with Crippen LogP contribution in [0.15, 0.2) is 170 Å². The largest absolute Gasteiger partial charge is 0.311 e. The maximum absolute atomic E-state index is 10.2. The van der Waals surface area contributed by atoms with Gasteiger partial charge < -0.3 is 9.80 Å². The van der Waals surface area contributed by atoms with E-state index in [1.807, 2.05) is 42.5 Å². The van der Waals surface area contributed by atoms with Crippen LogP contribution in [0.3, 0.4) is 0 Å². The second-order valence-electron chi connectivity index (χ2n) is 17.0. The van der Waals surface area contributed by atoms with E-state index in [2.05, 4.69) is 208 Å². The molecule has 0 bridgehead atoms. The Morgan fingerprint density at radius 3 is 1.15 bits per heavy atom. The topological polar surface area (TPSA) is 34.6 Å². The van der Waals surface area contributed by atoms with Gasteiger partial charge in [0.1, 0.15) is 0 Å². The van der Waals surface area contributed by atoms with Gasteiger partial charge in [-0.25, -0.2) is 4.85 Å². The first-order valence-electron chi connectivity index (χ1n) is 20.3. The van der Waals surface area contributed by atoms with Gasteiger partial charge in [0.25, 0.3) is 0 Å². The molecule has 294 valence electrons. The molecule has 7 aromatic rings. The monoisotopic (exact) mass is 778 g/mol. The minimum absolute atomic E-state index is 0.0718. The van der Waals surface area contributed by atoms with Crippen LogP contribution in [-0.4, -0.2) is 0 Å². The third kappa shape index (κ3) is 9.48. The molecule has 0 N–H and O–H groups in total. The summed E-state index contributed by atoms with van der Waals surface area (Å²) < 4.78 is 0. The number of hydrogen-bond donors (Lipinski definition) is 0. The average molecular weight is 779 g/mol. The highest BCUT2D eigenvalue weighted by Gasteiger charge is 2.18. The molecule has 0 heterocycles. The van der Waals surface area contributed by atoms with Gasteiger partial charge in [-0.05, 0) is 129 Å². The number of anilines is 6. The number of nitriles is 1. The third-order valence-electron chi connectivity index (χ3n) is 10.7. The minimum Gasteiger partial charge on any atom is -0.311 e. The van der Waals surface area contributed by atoms with Gasteiger partial charge in [-0.1, -0.05) is 151 Å². The molecule has 0 atom stereocenters. The van der Waals surface area contributed by atoms with Crippen LogP contribution in [-0.2, 0) is 10.8 Å². The van der Waals surface area contributed by atoms with E-state index in [0.717, 1.165) is 45.3 Å². The lowest BCUT2D eigenvalue weighted by atomic mass is 9.87. The molecule has 0 aliphatic heterocycles. The van der Waals surface area contributed by atoms with E-state index in [1.54, 1.807) is 6.07 Å². The van der Waals surface area contributed by atoms with E-state index >= 15 is 0 Å². The van der Waals surface area contributed by atoms with Crippen molar-refractivity contribution in [2.24, 2.45) is 0 Å². The van der Waals surface area contributed by atoms with Gasteiger partial charge in [0.05, 0.1) is 18.2 Å². The van der Waals surface area contributed by atoms with Crippen molar-refractivity contribution >= 4 is 64.1 Å². The van der Waals surface area contributed by atoms with Crippen molar-refractivity contribution < 1.29 is 0 Å². The van der Waals surface area contributed by atoms with Crippen molar-refractivity contribution in [1.82, 2.24) is 0 Å². The van der Waals surface area contributed by atoms with Crippen LogP contribution in [0.2, 0.25) is 0 Å². The van der Waals surface area contributed by atoms with E-state index in [4.69, 9.17) is 6.57 Å². The Bertz CT molecular complexity index is 2490. The fourth-order valence-electron chi connectivity index (χ4n) is 7.20. The molecule has 0 amide bonds. The van der Waals surface area contributed by atoms with Crippen LogP contribution in [0.5, 0.6) is 0 Å².